The number of aliphatic imine (C=N–C) groups is 1. The van der Waals surface area contributed by atoms with Gasteiger partial charge < -0.3 is 10.2 Å². The molecule has 0 amide bonds. The average Bonchev–Trinajstić information content (AvgIpc) is 2.53. The molecule has 0 saturated carbocycles. The van der Waals surface area contributed by atoms with Gasteiger partial charge in [0.2, 0.25) is 0 Å². The van der Waals surface area contributed by atoms with Crippen LogP contribution in [0.15, 0.2) is 4.99 Å². The maximum absolute atomic E-state index is 4.46. The zero-order valence-electron chi connectivity index (χ0n) is 8.64. The normalized spacial score (nSPS) is 26.9. The van der Waals surface area contributed by atoms with E-state index in [0.29, 0.717) is 5.41 Å². The summed E-state index contributed by atoms with van der Waals surface area (Å²) in [6.45, 7) is 8.98. The smallest absolute Gasteiger partial charge is 0.194 e. The maximum atomic E-state index is 4.46. The molecule has 0 aliphatic carbocycles. The van der Waals surface area contributed by atoms with Gasteiger partial charge in [0.1, 0.15) is 0 Å². The summed E-state index contributed by atoms with van der Waals surface area (Å²) in [5.74, 6) is 1.13. The molecule has 2 rings (SSSR count). The van der Waals surface area contributed by atoms with Crippen LogP contribution in [0, 0.1) is 5.41 Å². The van der Waals surface area contributed by atoms with Crippen molar-refractivity contribution in [1.29, 1.82) is 0 Å². The van der Waals surface area contributed by atoms with Crippen LogP contribution in [0.25, 0.3) is 0 Å². The predicted octanol–water partition coefficient (Wildman–Crippen LogP) is 1.07. The molecule has 13 heavy (non-hydrogen) atoms. The molecule has 2 heterocycles. The molecule has 3 heteroatoms. The molecule has 0 aromatic rings. The molecule has 2 aliphatic heterocycles. The van der Waals surface area contributed by atoms with Crippen LogP contribution in [-0.2, 0) is 0 Å². The van der Waals surface area contributed by atoms with Gasteiger partial charge in [0.15, 0.2) is 5.96 Å². The van der Waals surface area contributed by atoms with Crippen LogP contribution in [0.3, 0.4) is 0 Å². The second-order valence-corrected chi connectivity index (χ2v) is 4.82. The van der Waals surface area contributed by atoms with Gasteiger partial charge in [-0.25, -0.2) is 0 Å². The van der Waals surface area contributed by atoms with Gasteiger partial charge in [-0.05, 0) is 18.3 Å². The second-order valence-electron chi connectivity index (χ2n) is 4.82. The van der Waals surface area contributed by atoms with E-state index in [4.69, 9.17) is 0 Å². The van der Waals surface area contributed by atoms with Crippen LogP contribution in [0.5, 0.6) is 0 Å². The Morgan fingerprint density at radius 1 is 1.46 bits per heavy atom. The second kappa shape index (κ2) is 3.20. The molecule has 74 valence electrons. The zero-order valence-corrected chi connectivity index (χ0v) is 8.64. The summed E-state index contributed by atoms with van der Waals surface area (Å²) in [6, 6.07) is 0. The monoisotopic (exact) mass is 181 g/mol. The van der Waals surface area contributed by atoms with Gasteiger partial charge in [-0.3, -0.25) is 4.99 Å². The number of nitrogens with zero attached hydrogens (tertiary/aromatic N) is 2. The van der Waals surface area contributed by atoms with Crippen LogP contribution in [0.1, 0.15) is 26.7 Å². The van der Waals surface area contributed by atoms with Gasteiger partial charge in [0.05, 0.1) is 6.54 Å². The Morgan fingerprint density at radius 3 is 2.92 bits per heavy atom. The first-order valence-electron chi connectivity index (χ1n) is 5.21. The lowest BCUT2D eigenvalue weighted by atomic mass is 9.84. The van der Waals surface area contributed by atoms with E-state index in [9.17, 15) is 0 Å². The summed E-state index contributed by atoms with van der Waals surface area (Å²) in [5.41, 5.74) is 0.463. The molecule has 1 saturated heterocycles. The lowest BCUT2D eigenvalue weighted by Gasteiger charge is -2.38. The third-order valence-electron chi connectivity index (χ3n) is 2.86. The Balaban J connectivity index is 1.99. The highest BCUT2D eigenvalue weighted by molar-refractivity contribution is 5.81. The SMILES string of the molecule is CC1(C)CCCN(C2=NCCN2)C1. The van der Waals surface area contributed by atoms with Crippen molar-refractivity contribution in [2.45, 2.75) is 26.7 Å². The number of likely N-dealkylation sites (tertiary alicyclic amines) is 1. The van der Waals surface area contributed by atoms with Crippen LogP contribution < -0.4 is 5.32 Å². The standard InChI is InChI=1S/C10H19N3/c1-10(2)4-3-7-13(8-10)9-11-5-6-12-9/h3-8H2,1-2H3,(H,11,12). The summed E-state index contributed by atoms with van der Waals surface area (Å²) >= 11 is 0. The van der Waals surface area contributed by atoms with Crippen LogP contribution in [0.2, 0.25) is 0 Å². The first kappa shape index (κ1) is 8.85. The summed E-state index contributed by atoms with van der Waals surface area (Å²) in [7, 11) is 0. The van der Waals surface area contributed by atoms with Gasteiger partial charge in [0, 0.05) is 19.6 Å². The minimum atomic E-state index is 0.463. The molecule has 0 aromatic carbocycles. The minimum absolute atomic E-state index is 0.463. The Hall–Kier alpha value is -0.730. The van der Waals surface area contributed by atoms with Crippen molar-refractivity contribution in [3.05, 3.63) is 0 Å². The van der Waals surface area contributed by atoms with E-state index in [1.807, 2.05) is 0 Å². The lowest BCUT2D eigenvalue weighted by molar-refractivity contribution is 0.176. The highest BCUT2D eigenvalue weighted by atomic mass is 15.3. The topological polar surface area (TPSA) is 27.6 Å². The van der Waals surface area contributed by atoms with Crippen molar-refractivity contribution in [3.63, 3.8) is 0 Å². The Morgan fingerprint density at radius 2 is 2.31 bits per heavy atom. The largest absolute Gasteiger partial charge is 0.354 e. The van der Waals surface area contributed by atoms with E-state index in [0.717, 1.165) is 25.6 Å². The van der Waals surface area contributed by atoms with E-state index in [1.165, 1.54) is 19.4 Å². The molecule has 0 unspecified atom stereocenters. The van der Waals surface area contributed by atoms with Crippen molar-refractivity contribution >= 4 is 5.96 Å². The predicted molar refractivity (Wildman–Crippen MR) is 54.9 cm³/mol. The number of rotatable bonds is 0. The van der Waals surface area contributed by atoms with Crippen LogP contribution in [0.4, 0.5) is 0 Å². The number of nitrogens with one attached hydrogen (secondary N) is 1. The number of hydrogen-bond donors (Lipinski definition) is 1. The highest BCUT2D eigenvalue weighted by Gasteiger charge is 2.28. The highest BCUT2D eigenvalue weighted by Crippen LogP contribution is 2.28. The summed E-state index contributed by atoms with van der Waals surface area (Å²) < 4.78 is 0. The Bertz CT molecular complexity index is 220. The van der Waals surface area contributed by atoms with E-state index in [2.05, 4.69) is 29.1 Å². The minimum Gasteiger partial charge on any atom is -0.354 e. The Labute approximate surface area is 80.2 Å². The molecular formula is C10H19N3. The van der Waals surface area contributed by atoms with Crippen molar-refractivity contribution in [2.75, 3.05) is 26.2 Å². The molecule has 0 aromatic heterocycles. The quantitative estimate of drug-likeness (QED) is 0.605. The lowest BCUT2D eigenvalue weighted by Crippen LogP contribution is -2.47. The summed E-state index contributed by atoms with van der Waals surface area (Å²) in [6.07, 6.45) is 2.64. The maximum Gasteiger partial charge on any atom is 0.194 e. The van der Waals surface area contributed by atoms with Crippen molar-refractivity contribution in [1.82, 2.24) is 10.2 Å². The van der Waals surface area contributed by atoms with Gasteiger partial charge in [-0.1, -0.05) is 13.8 Å². The average molecular weight is 181 g/mol. The van der Waals surface area contributed by atoms with Crippen molar-refractivity contribution in [3.8, 4) is 0 Å². The molecule has 0 atom stereocenters. The molecular weight excluding hydrogens is 162 g/mol. The van der Waals surface area contributed by atoms with Gasteiger partial charge in [-0.15, -0.1) is 0 Å². The molecule has 0 bridgehead atoms. The number of piperidine rings is 1. The van der Waals surface area contributed by atoms with Gasteiger partial charge in [-0.2, -0.15) is 0 Å². The molecule has 1 N–H and O–H groups in total. The van der Waals surface area contributed by atoms with Crippen molar-refractivity contribution in [2.24, 2.45) is 10.4 Å². The third-order valence-corrected chi connectivity index (χ3v) is 2.86. The van der Waals surface area contributed by atoms with Gasteiger partial charge in [0.25, 0.3) is 0 Å². The van der Waals surface area contributed by atoms with Crippen LogP contribution in [-0.4, -0.2) is 37.0 Å². The molecule has 0 spiro atoms. The van der Waals surface area contributed by atoms with Gasteiger partial charge >= 0.3 is 0 Å². The van der Waals surface area contributed by atoms with Crippen molar-refractivity contribution < 1.29 is 0 Å². The summed E-state index contributed by atoms with van der Waals surface area (Å²) in [5, 5.41) is 3.34. The fraction of sp³-hybridized carbons (Fsp3) is 0.900. The molecule has 0 radical (unpaired) electrons. The van der Waals surface area contributed by atoms with E-state index in [1.54, 1.807) is 0 Å². The fourth-order valence-corrected chi connectivity index (χ4v) is 2.20. The molecule has 1 fully saturated rings. The summed E-state index contributed by atoms with van der Waals surface area (Å²) in [4.78, 5) is 6.86. The zero-order chi connectivity index (χ0) is 9.31. The number of guanidine groups is 1. The first-order chi connectivity index (χ1) is 6.17. The van der Waals surface area contributed by atoms with E-state index >= 15 is 0 Å². The number of hydrogen-bond acceptors (Lipinski definition) is 3. The molecule has 3 nitrogen and oxygen atoms in total. The Kier molecular flexibility index (Phi) is 2.18. The molecule has 2 aliphatic rings. The third kappa shape index (κ3) is 1.95. The fourth-order valence-electron chi connectivity index (χ4n) is 2.20. The first-order valence-corrected chi connectivity index (χ1v) is 5.21. The van der Waals surface area contributed by atoms with E-state index < -0.39 is 0 Å². The van der Waals surface area contributed by atoms with E-state index in [-0.39, 0.29) is 0 Å². The van der Waals surface area contributed by atoms with Crippen LogP contribution >= 0.6 is 0 Å².